The molecule has 0 radical (unpaired) electrons. The van der Waals surface area contributed by atoms with Crippen LogP contribution in [0.25, 0.3) is 0 Å². The number of fused-ring (bicyclic) bond motifs is 2. The van der Waals surface area contributed by atoms with E-state index < -0.39 is 0 Å². The van der Waals surface area contributed by atoms with Crippen molar-refractivity contribution < 1.29 is 18.9 Å². The van der Waals surface area contributed by atoms with Gasteiger partial charge in [-0.1, -0.05) is 18.2 Å². The summed E-state index contributed by atoms with van der Waals surface area (Å²) in [6.45, 7) is 2.27. The Labute approximate surface area is 128 Å². The SMILES string of the molecule is c1cc(CNCCc2ccc3c(c2)OCO3)c2c(c1)OCO2. The lowest BCUT2D eigenvalue weighted by atomic mass is 10.1. The van der Waals surface area contributed by atoms with Crippen LogP contribution in [0, 0.1) is 0 Å². The van der Waals surface area contributed by atoms with Crippen molar-refractivity contribution in [2.24, 2.45) is 0 Å². The molecule has 1 N–H and O–H groups in total. The van der Waals surface area contributed by atoms with Gasteiger partial charge in [0.15, 0.2) is 23.0 Å². The molecule has 2 heterocycles. The molecule has 0 saturated carbocycles. The van der Waals surface area contributed by atoms with Gasteiger partial charge < -0.3 is 24.3 Å². The molecule has 2 aromatic rings. The maximum atomic E-state index is 5.50. The van der Waals surface area contributed by atoms with Gasteiger partial charge >= 0.3 is 0 Å². The molecule has 0 aliphatic carbocycles. The van der Waals surface area contributed by atoms with Gasteiger partial charge in [0.05, 0.1) is 0 Å². The molecule has 2 aliphatic rings. The van der Waals surface area contributed by atoms with Crippen molar-refractivity contribution in [3.05, 3.63) is 47.5 Å². The highest BCUT2D eigenvalue weighted by molar-refractivity contribution is 5.48. The van der Waals surface area contributed by atoms with Gasteiger partial charge in [-0.3, -0.25) is 0 Å². The lowest BCUT2D eigenvalue weighted by Gasteiger charge is -2.08. The molecular weight excluding hydrogens is 282 g/mol. The monoisotopic (exact) mass is 299 g/mol. The number of ether oxygens (including phenoxy) is 4. The van der Waals surface area contributed by atoms with Crippen LogP contribution in [-0.4, -0.2) is 20.1 Å². The van der Waals surface area contributed by atoms with Crippen molar-refractivity contribution >= 4 is 0 Å². The predicted octanol–water partition coefficient (Wildman–Crippen LogP) is 2.48. The molecule has 5 heteroatoms. The summed E-state index contributed by atoms with van der Waals surface area (Å²) in [5.74, 6) is 3.35. The first-order valence-corrected chi connectivity index (χ1v) is 7.37. The molecule has 2 aliphatic heterocycles. The van der Waals surface area contributed by atoms with Crippen LogP contribution >= 0.6 is 0 Å². The second-order valence-corrected chi connectivity index (χ2v) is 5.27. The minimum atomic E-state index is 0.309. The summed E-state index contributed by atoms with van der Waals surface area (Å²) < 4.78 is 21.6. The van der Waals surface area contributed by atoms with E-state index >= 15 is 0 Å². The van der Waals surface area contributed by atoms with E-state index in [1.807, 2.05) is 24.3 Å². The van der Waals surface area contributed by atoms with Gasteiger partial charge in [-0.05, 0) is 36.7 Å². The molecule has 0 fully saturated rings. The maximum Gasteiger partial charge on any atom is 0.231 e. The van der Waals surface area contributed by atoms with E-state index in [-0.39, 0.29) is 0 Å². The molecule has 4 rings (SSSR count). The number of hydrogen-bond donors (Lipinski definition) is 1. The van der Waals surface area contributed by atoms with E-state index in [0.717, 1.165) is 48.1 Å². The summed E-state index contributed by atoms with van der Waals surface area (Å²) in [6, 6.07) is 12.1. The largest absolute Gasteiger partial charge is 0.454 e. The maximum absolute atomic E-state index is 5.50. The Kier molecular flexibility index (Phi) is 3.48. The first-order valence-electron chi connectivity index (χ1n) is 7.37. The number of para-hydroxylation sites is 1. The predicted molar refractivity (Wildman–Crippen MR) is 80.5 cm³/mol. The Balaban J connectivity index is 1.32. The highest BCUT2D eigenvalue weighted by atomic mass is 16.7. The zero-order valence-corrected chi connectivity index (χ0v) is 12.1. The average Bonchev–Trinajstić information content (AvgIpc) is 3.19. The summed E-state index contributed by atoms with van der Waals surface area (Å²) in [5.41, 5.74) is 2.36. The van der Waals surface area contributed by atoms with Crippen LogP contribution in [0.1, 0.15) is 11.1 Å². The van der Waals surface area contributed by atoms with Crippen molar-refractivity contribution in [1.82, 2.24) is 5.32 Å². The highest BCUT2D eigenvalue weighted by Gasteiger charge is 2.16. The smallest absolute Gasteiger partial charge is 0.231 e. The topological polar surface area (TPSA) is 49.0 Å². The lowest BCUT2D eigenvalue weighted by Crippen LogP contribution is -2.17. The second kappa shape index (κ2) is 5.77. The number of nitrogens with one attached hydrogen (secondary N) is 1. The molecule has 0 unspecified atom stereocenters. The summed E-state index contributed by atoms with van der Waals surface area (Å²) >= 11 is 0. The standard InChI is InChI=1S/C17H17NO4/c1-2-13(17-15(3-1)20-11-22-17)9-18-7-6-12-4-5-14-16(8-12)21-10-19-14/h1-5,8,18H,6-7,9-11H2. The lowest BCUT2D eigenvalue weighted by molar-refractivity contribution is 0.173. The fourth-order valence-corrected chi connectivity index (χ4v) is 2.68. The fraction of sp³-hybridized carbons (Fsp3) is 0.294. The first kappa shape index (κ1) is 13.3. The van der Waals surface area contributed by atoms with Crippen molar-refractivity contribution in [3.8, 4) is 23.0 Å². The summed E-state index contributed by atoms with van der Waals surface area (Å²) in [4.78, 5) is 0. The number of benzene rings is 2. The van der Waals surface area contributed by atoms with Crippen LogP contribution in [-0.2, 0) is 13.0 Å². The molecule has 0 amide bonds. The summed E-state index contributed by atoms with van der Waals surface area (Å²) in [6.07, 6.45) is 0.934. The third-order valence-electron chi connectivity index (χ3n) is 3.82. The van der Waals surface area contributed by atoms with Crippen molar-refractivity contribution in [2.45, 2.75) is 13.0 Å². The van der Waals surface area contributed by atoms with Crippen molar-refractivity contribution in [2.75, 3.05) is 20.1 Å². The first-order chi connectivity index (χ1) is 10.9. The molecular formula is C17H17NO4. The minimum Gasteiger partial charge on any atom is -0.454 e. The van der Waals surface area contributed by atoms with Crippen LogP contribution in [0.3, 0.4) is 0 Å². The highest BCUT2D eigenvalue weighted by Crippen LogP contribution is 2.35. The fourth-order valence-electron chi connectivity index (χ4n) is 2.68. The third-order valence-corrected chi connectivity index (χ3v) is 3.82. The Morgan fingerprint density at radius 1 is 0.864 bits per heavy atom. The normalized spacial score (nSPS) is 14.4. The molecule has 22 heavy (non-hydrogen) atoms. The quantitative estimate of drug-likeness (QED) is 0.860. The summed E-state index contributed by atoms with van der Waals surface area (Å²) in [7, 11) is 0. The molecule has 0 aromatic heterocycles. The molecule has 114 valence electrons. The minimum absolute atomic E-state index is 0.309. The summed E-state index contributed by atoms with van der Waals surface area (Å²) in [5, 5.41) is 3.44. The van der Waals surface area contributed by atoms with Gasteiger partial charge in [-0.2, -0.15) is 0 Å². The Morgan fingerprint density at radius 2 is 1.73 bits per heavy atom. The van der Waals surface area contributed by atoms with E-state index in [0.29, 0.717) is 13.6 Å². The number of rotatable bonds is 5. The molecule has 0 atom stereocenters. The van der Waals surface area contributed by atoms with Crippen molar-refractivity contribution in [3.63, 3.8) is 0 Å². The third kappa shape index (κ3) is 2.55. The molecule has 0 spiro atoms. The zero-order chi connectivity index (χ0) is 14.8. The van der Waals surface area contributed by atoms with Crippen molar-refractivity contribution in [1.29, 1.82) is 0 Å². The van der Waals surface area contributed by atoms with Crippen LogP contribution in [0.2, 0.25) is 0 Å². The zero-order valence-electron chi connectivity index (χ0n) is 12.1. The van der Waals surface area contributed by atoms with Gasteiger partial charge in [-0.15, -0.1) is 0 Å². The second-order valence-electron chi connectivity index (χ2n) is 5.27. The van der Waals surface area contributed by atoms with Crippen LogP contribution in [0.5, 0.6) is 23.0 Å². The van der Waals surface area contributed by atoms with Gasteiger partial charge in [0.2, 0.25) is 13.6 Å². The van der Waals surface area contributed by atoms with Gasteiger partial charge in [0, 0.05) is 12.1 Å². The molecule has 5 nitrogen and oxygen atoms in total. The van der Waals surface area contributed by atoms with Crippen LogP contribution < -0.4 is 24.3 Å². The molecule has 2 aromatic carbocycles. The van der Waals surface area contributed by atoms with Gasteiger partial charge in [0.1, 0.15) is 0 Å². The van der Waals surface area contributed by atoms with Crippen LogP contribution in [0.15, 0.2) is 36.4 Å². The Bertz CT molecular complexity index is 686. The van der Waals surface area contributed by atoms with E-state index in [4.69, 9.17) is 18.9 Å². The van der Waals surface area contributed by atoms with E-state index in [1.54, 1.807) is 0 Å². The van der Waals surface area contributed by atoms with Gasteiger partial charge in [0.25, 0.3) is 0 Å². The molecule has 0 bridgehead atoms. The Hall–Kier alpha value is -2.40. The number of hydrogen-bond acceptors (Lipinski definition) is 5. The van der Waals surface area contributed by atoms with E-state index in [2.05, 4.69) is 17.4 Å². The van der Waals surface area contributed by atoms with Crippen LogP contribution in [0.4, 0.5) is 0 Å². The van der Waals surface area contributed by atoms with E-state index in [9.17, 15) is 0 Å². The van der Waals surface area contributed by atoms with E-state index in [1.165, 1.54) is 5.56 Å². The van der Waals surface area contributed by atoms with Gasteiger partial charge in [-0.25, -0.2) is 0 Å². The Morgan fingerprint density at radius 3 is 2.73 bits per heavy atom. The average molecular weight is 299 g/mol. The molecule has 0 saturated heterocycles.